The lowest BCUT2D eigenvalue weighted by atomic mass is 10.1. The summed E-state index contributed by atoms with van der Waals surface area (Å²) >= 11 is 2.09. The molecule has 2 aromatic carbocycles. The largest absolute Gasteiger partial charge is 0.416 e. The molecule has 0 aliphatic rings. The molecule has 3 rings (SSSR count). The van der Waals surface area contributed by atoms with Crippen LogP contribution in [0.4, 0.5) is 18.9 Å². The van der Waals surface area contributed by atoms with Crippen LogP contribution in [0.1, 0.15) is 5.56 Å². The molecule has 0 aliphatic carbocycles. The van der Waals surface area contributed by atoms with Crippen LogP contribution in [0.5, 0.6) is 0 Å². The van der Waals surface area contributed by atoms with Gasteiger partial charge in [-0.3, -0.25) is 4.79 Å². The molecular weight excluding hydrogens is 462 g/mol. The van der Waals surface area contributed by atoms with Crippen LogP contribution in [0.15, 0.2) is 48.5 Å². The third-order valence-electron chi connectivity index (χ3n) is 3.33. The second kappa shape index (κ2) is 7.40. The Morgan fingerprint density at radius 3 is 2.65 bits per heavy atom. The summed E-state index contributed by atoms with van der Waals surface area (Å²) in [6.07, 6.45) is -4.46. The fourth-order valence-electron chi connectivity index (χ4n) is 2.14. The van der Waals surface area contributed by atoms with Gasteiger partial charge in [0.25, 0.3) is 0 Å². The smallest absolute Gasteiger partial charge is 0.323 e. The van der Waals surface area contributed by atoms with Gasteiger partial charge in [-0.05, 0) is 52.1 Å². The van der Waals surface area contributed by atoms with Gasteiger partial charge in [0.05, 0.1) is 11.3 Å². The molecule has 0 aliphatic heterocycles. The Morgan fingerprint density at radius 2 is 1.92 bits per heavy atom. The van der Waals surface area contributed by atoms with Crippen LogP contribution in [-0.4, -0.2) is 26.1 Å². The van der Waals surface area contributed by atoms with Gasteiger partial charge in [-0.2, -0.15) is 18.0 Å². The van der Waals surface area contributed by atoms with Crippen LogP contribution in [0, 0.1) is 3.57 Å². The molecule has 1 heterocycles. The van der Waals surface area contributed by atoms with Crippen molar-refractivity contribution in [3.05, 3.63) is 57.7 Å². The number of carbonyl (C=O) groups excluding carboxylic acids is 1. The number of tetrazole rings is 1. The summed E-state index contributed by atoms with van der Waals surface area (Å²) in [4.78, 5) is 13.1. The van der Waals surface area contributed by atoms with Gasteiger partial charge in [0.1, 0.15) is 6.54 Å². The summed E-state index contributed by atoms with van der Waals surface area (Å²) in [5.41, 5.74) is 0.0168. The molecule has 3 aromatic rings. The predicted molar refractivity (Wildman–Crippen MR) is 96.0 cm³/mol. The monoisotopic (exact) mass is 473 g/mol. The molecule has 1 aromatic heterocycles. The minimum absolute atomic E-state index is 0.0122. The normalized spacial score (nSPS) is 11.4. The van der Waals surface area contributed by atoms with Crippen molar-refractivity contribution in [3.8, 4) is 11.4 Å². The highest BCUT2D eigenvalue weighted by molar-refractivity contribution is 14.1. The zero-order chi connectivity index (χ0) is 18.7. The number of nitrogens with one attached hydrogen (secondary N) is 1. The van der Waals surface area contributed by atoms with Gasteiger partial charge in [-0.25, -0.2) is 0 Å². The number of aromatic nitrogens is 4. The van der Waals surface area contributed by atoms with E-state index in [2.05, 4.69) is 43.3 Å². The van der Waals surface area contributed by atoms with Crippen LogP contribution in [0.3, 0.4) is 0 Å². The molecule has 0 bridgehead atoms. The number of benzene rings is 2. The van der Waals surface area contributed by atoms with Gasteiger partial charge in [0.2, 0.25) is 11.7 Å². The lowest BCUT2D eigenvalue weighted by molar-refractivity contribution is -0.137. The number of anilines is 1. The maximum absolute atomic E-state index is 12.8. The number of para-hydroxylation sites is 1. The highest BCUT2D eigenvalue weighted by Gasteiger charge is 2.30. The molecule has 26 heavy (non-hydrogen) atoms. The first-order valence-corrected chi connectivity index (χ1v) is 8.40. The summed E-state index contributed by atoms with van der Waals surface area (Å²) in [5, 5.41) is 14.1. The third kappa shape index (κ3) is 4.36. The molecule has 134 valence electrons. The van der Waals surface area contributed by atoms with Gasteiger partial charge in [0.15, 0.2) is 0 Å². The standard InChI is InChI=1S/C16H11F3IN5O/c17-16(18,19)11-5-3-4-10(8-11)15-22-24-25(23-15)9-14(26)21-13-7-2-1-6-12(13)20/h1-8H,9H2,(H,21,26). The number of hydrogen-bond acceptors (Lipinski definition) is 4. The van der Waals surface area contributed by atoms with Crippen LogP contribution in [0.2, 0.25) is 0 Å². The predicted octanol–water partition coefficient (Wildman–Crippen LogP) is 3.60. The molecule has 0 radical (unpaired) electrons. The molecule has 0 atom stereocenters. The second-order valence-corrected chi connectivity index (χ2v) is 6.41. The Bertz CT molecular complexity index is 941. The number of hydrogen-bond donors (Lipinski definition) is 1. The SMILES string of the molecule is O=C(Cn1nnc(-c2cccc(C(F)(F)F)c2)n1)Nc1ccccc1I. The van der Waals surface area contributed by atoms with Crippen molar-refractivity contribution in [1.29, 1.82) is 0 Å². The molecule has 0 saturated carbocycles. The minimum atomic E-state index is -4.46. The molecule has 1 N–H and O–H groups in total. The summed E-state index contributed by atoms with van der Waals surface area (Å²) in [5.74, 6) is -0.361. The lowest BCUT2D eigenvalue weighted by Crippen LogP contribution is -2.20. The number of nitrogens with zero attached hydrogens (tertiary/aromatic N) is 4. The van der Waals surface area contributed by atoms with Crippen molar-refractivity contribution in [1.82, 2.24) is 20.2 Å². The van der Waals surface area contributed by atoms with Crippen molar-refractivity contribution in [3.63, 3.8) is 0 Å². The van der Waals surface area contributed by atoms with Crippen molar-refractivity contribution in [2.75, 3.05) is 5.32 Å². The van der Waals surface area contributed by atoms with E-state index in [9.17, 15) is 18.0 Å². The minimum Gasteiger partial charge on any atom is -0.323 e. The zero-order valence-electron chi connectivity index (χ0n) is 13.0. The first-order chi connectivity index (χ1) is 12.3. The molecule has 10 heteroatoms. The second-order valence-electron chi connectivity index (χ2n) is 5.25. The maximum atomic E-state index is 12.8. The zero-order valence-corrected chi connectivity index (χ0v) is 15.2. The van der Waals surface area contributed by atoms with Gasteiger partial charge in [-0.15, -0.1) is 10.2 Å². The fraction of sp³-hybridized carbons (Fsp3) is 0.125. The van der Waals surface area contributed by atoms with Crippen molar-refractivity contribution in [2.24, 2.45) is 0 Å². The van der Waals surface area contributed by atoms with Crippen molar-refractivity contribution in [2.45, 2.75) is 12.7 Å². The van der Waals surface area contributed by atoms with Gasteiger partial charge >= 0.3 is 6.18 Å². The summed E-state index contributed by atoms with van der Waals surface area (Å²) in [6, 6.07) is 11.8. The number of carbonyl (C=O) groups is 1. The van der Waals surface area contributed by atoms with E-state index in [4.69, 9.17) is 0 Å². The Morgan fingerprint density at radius 1 is 1.15 bits per heavy atom. The summed E-state index contributed by atoms with van der Waals surface area (Å²) < 4.78 is 39.2. The Hall–Kier alpha value is -2.50. The molecule has 0 saturated heterocycles. The van der Waals surface area contributed by atoms with E-state index in [0.717, 1.165) is 20.5 Å². The third-order valence-corrected chi connectivity index (χ3v) is 4.27. The van der Waals surface area contributed by atoms with Gasteiger partial charge in [0, 0.05) is 9.13 Å². The number of amides is 1. The first-order valence-electron chi connectivity index (χ1n) is 7.33. The first kappa shape index (κ1) is 18.3. The van der Waals surface area contributed by atoms with Crippen molar-refractivity contribution < 1.29 is 18.0 Å². The highest BCUT2D eigenvalue weighted by atomic mass is 127. The van der Waals surface area contributed by atoms with E-state index in [1.54, 1.807) is 12.1 Å². The Labute approximate surface area is 159 Å². The van der Waals surface area contributed by atoms with E-state index in [1.807, 2.05) is 12.1 Å². The van der Waals surface area contributed by atoms with E-state index in [-0.39, 0.29) is 23.8 Å². The van der Waals surface area contributed by atoms with E-state index < -0.39 is 11.7 Å². The Kier molecular flexibility index (Phi) is 5.20. The van der Waals surface area contributed by atoms with Gasteiger partial charge < -0.3 is 5.32 Å². The molecule has 0 unspecified atom stereocenters. The van der Waals surface area contributed by atoms with E-state index in [1.165, 1.54) is 12.1 Å². The van der Waals surface area contributed by atoms with Crippen LogP contribution < -0.4 is 5.32 Å². The molecule has 1 amide bonds. The van der Waals surface area contributed by atoms with Crippen molar-refractivity contribution >= 4 is 34.2 Å². The van der Waals surface area contributed by atoms with E-state index in [0.29, 0.717) is 5.69 Å². The molecule has 0 spiro atoms. The summed E-state index contributed by atoms with van der Waals surface area (Å²) in [7, 11) is 0. The average Bonchev–Trinajstić information content (AvgIpc) is 3.05. The molecular formula is C16H11F3IN5O. The Balaban J connectivity index is 1.72. The number of alkyl halides is 3. The van der Waals surface area contributed by atoms with E-state index >= 15 is 0 Å². The van der Waals surface area contributed by atoms with Crippen LogP contribution >= 0.6 is 22.6 Å². The van der Waals surface area contributed by atoms with Crippen LogP contribution in [-0.2, 0) is 17.5 Å². The quantitative estimate of drug-likeness (QED) is 0.588. The van der Waals surface area contributed by atoms with Crippen LogP contribution in [0.25, 0.3) is 11.4 Å². The fourth-order valence-corrected chi connectivity index (χ4v) is 2.66. The molecule has 0 fully saturated rings. The number of halogens is 4. The average molecular weight is 473 g/mol. The highest BCUT2D eigenvalue weighted by Crippen LogP contribution is 2.31. The molecule has 6 nitrogen and oxygen atoms in total. The van der Waals surface area contributed by atoms with Gasteiger partial charge in [-0.1, -0.05) is 24.3 Å². The topological polar surface area (TPSA) is 72.7 Å². The maximum Gasteiger partial charge on any atom is 0.416 e. The number of rotatable bonds is 4. The summed E-state index contributed by atoms with van der Waals surface area (Å²) in [6.45, 7) is -0.211. The lowest BCUT2D eigenvalue weighted by Gasteiger charge is -2.07.